The van der Waals surface area contributed by atoms with Gasteiger partial charge >= 0.3 is 7.32 Å². The topological polar surface area (TPSA) is 93.6 Å². The summed E-state index contributed by atoms with van der Waals surface area (Å²) in [5.41, 5.74) is 1.88. The van der Waals surface area contributed by atoms with Gasteiger partial charge in [0.05, 0.1) is 0 Å². The summed E-state index contributed by atoms with van der Waals surface area (Å²) >= 11 is 0. The minimum Gasteiger partial charge on any atom is -0.402 e. The van der Waals surface area contributed by atoms with Crippen LogP contribution in [-0.2, 0) is 0 Å². The molecule has 0 radical (unpaired) electrons. The number of hydrogen-bond acceptors (Lipinski definition) is 4. The minimum absolute atomic E-state index is 0.0972. The number of H-pyrrole nitrogens is 1. The van der Waals surface area contributed by atoms with Crippen LogP contribution in [-0.4, -0.2) is 27.4 Å². The number of nitrogens with one attached hydrogen (secondary N) is 1. The Hall–Kier alpha value is -2.15. The third kappa shape index (κ3) is 3.00. The first-order valence-electron chi connectivity index (χ1n) is 5.63. The number of para-hydroxylation sites is 2. The molecule has 6 heteroatoms. The Balaban J connectivity index is 0.000000297. The van der Waals surface area contributed by atoms with E-state index in [0.29, 0.717) is 0 Å². The summed E-state index contributed by atoms with van der Waals surface area (Å²) in [6.07, 6.45) is 0. The van der Waals surface area contributed by atoms with E-state index in [-0.39, 0.29) is 5.43 Å². The van der Waals surface area contributed by atoms with Gasteiger partial charge in [-0.05, 0) is 24.3 Å². The van der Waals surface area contributed by atoms with Crippen LogP contribution in [0.5, 0.6) is 0 Å². The van der Waals surface area contributed by atoms with Crippen molar-refractivity contribution in [3.05, 3.63) is 58.8 Å². The first-order chi connectivity index (χ1) is 9.09. The second-order valence-electron chi connectivity index (χ2n) is 3.89. The molecule has 1 aromatic heterocycles. The van der Waals surface area contributed by atoms with Gasteiger partial charge in [0.25, 0.3) is 0 Å². The number of aromatic amines is 1. The molecule has 19 heavy (non-hydrogen) atoms. The van der Waals surface area contributed by atoms with Crippen molar-refractivity contribution in [1.82, 2.24) is 4.98 Å². The Morgan fingerprint density at radius 1 is 0.789 bits per heavy atom. The predicted octanol–water partition coefficient (Wildman–Crippen LogP) is 0.629. The van der Waals surface area contributed by atoms with Crippen LogP contribution >= 0.6 is 0 Å². The maximum absolute atomic E-state index is 12.1. The summed E-state index contributed by atoms with van der Waals surface area (Å²) in [6, 6.07) is 15.1. The molecule has 0 atom stereocenters. The Kier molecular flexibility index (Phi) is 3.96. The van der Waals surface area contributed by atoms with E-state index in [1.54, 1.807) is 0 Å². The zero-order valence-electron chi connectivity index (χ0n) is 9.95. The van der Waals surface area contributed by atoms with Crippen LogP contribution in [0.1, 0.15) is 0 Å². The zero-order chi connectivity index (χ0) is 13.8. The quantitative estimate of drug-likeness (QED) is 0.351. The van der Waals surface area contributed by atoms with E-state index in [1.807, 2.05) is 48.5 Å². The smallest absolute Gasteiger partial charge is 0.402 e. The van der Waals surface area contributed by atoms with Gasteiger partial charge in [0.1, 0.15) is 0 Å². The highest BCUT2D eigenvalue weighted by molar-refractivity contribution is 6.30. The summed E-state index contributed by atoms with van der Waals surface area (Å²) < 4.78 is 0. The fourth-order valence-corrected chi connectivity index (χ4v) is 1.87. The number of benzene rings is 2. The number of pyridine rings is 1. The molecule has 2 aromatic carbocycles. The van der Waals surface area contributed by atoms with Crippen molar-refractivity contribution in [2.45, 2.75) is 0 Å². The van der Waals surface area contributed by atoms with E-state index in [4.69, 9.17) is 15.1 Å². The summed E-state index contributed by atoms with van der Waals surface area (Å²) in [5, 5.41) is 23.0. The summed E-state index contributed by atoms with van der Waals surface area (Å²) in [4.78, 5) is 15.3. The average Bonchev–Trinajstić information content (AvgIpc) is 2.38. The highest BCUT2D eigenvalue weighted by atomic mass is 16.5. The van der Waals surface area contributed by atoms with Crippen molar-refractivity contribution < 1.29 is 15.1 Å². The van der Waals surface area contributed by atoms with E-state index in [0.717, 1.165) is 21.8 Å². The third-order valence-corrected chi connectivity index (χ3v) is 2.61. The molecule has 0 spiro atoms. The standard InChI is InChI=1S/C13H9NO.BH3O3/c15-13-9-5-1-3-7-11(9)14-12-8-4-2-6-10(12)13;2-1(3)4/h1-8H,(H,14,15);2-4H. The van der Waals surface area contributed by atoms with Gasteiger partial charge < -0.3 is 20.1 Å². The number of rotatable bonds is 0. The van der Waals surface area contributed by atoms with Gasteiger partial charge in [-0.3, -0.25) is 4.79 Å². The molecule has 0 fully saturated rings. The molecule has 0 saturated heterocycles. The zero-order valence-corrected chi connectivity index (χ0v) is 9.95. The summed E-state index contributed by atoms with van der Waals surface area (Å²) in [7, 11) is -2.17. The molecule has 4 N–H and O–H groups in total. The van der Waals surface area contributed by atoms with Crippen LogP contribution in [0.3, 0.4) is 0 Å². The van der Waals surface area contributed by atoms with Crippen molar-refractivity contribution in [1.29, 1.82) is 0 Å². The molecule has 0 aliphatic carbocycles. The van der Waals surface area contributed by atoms with Crippen LogP contribution in [0, 0.1) is 0 Å². The van der Waals surface area contributed by atoms with Crippen molar-refractivity contribution in [3.8, 4) is 0 Å². The van der Waals surface area contributed by atoms with Gasteiger partial charge in [-0.15, -0.1) is 0 Å². The average molecular weight is 257 g/mol. The molecule has 0 aliphatic heterocycles. The highest BCUT2D eigenvalue weighted by Gasteiger charge is 2.02. The van der Waals surface area contributed by atoms with Crippen LogP contribution in [0.4, 0.5) is 0 Å². The van der Waals surface area contributed by atoms with E-state index in [2.05, 4.69) is 4.98 Å². The predicted molar refractivity (Wildman–Crippen MR) is 74.5 cm³/mol. The fraction of sp³-hybridized carbons (Fsp3) is 0. The lowest BCUT2D eigenvalue weighted by atomic mass is 10.1. The normalized spacial score (nSPS) is 10.1. The molecular formula is C13H12BNO4. The molecule has 3 rings (SSSR count). The molecule has 5 nitrogen and oxygen atoms in total. The van der Waals surface area contributed by atoms with Crippen LogP contribution in [0.2, 0.25) is 0 Å². The second kappa shape index (κ2) is 5.66. The van der Waals surface area contributed by atoms with E-state index >= 15 is 0 Å². The second-order valence-corrected chi connectivity index (χ2v) is 3.89. The SMILES string of the molecule is O=c1c2ccccc2[nH]c2ccccc12.OB(O)O. The lowest BCUT2D eigenvalue weighted by Gasteiger charge is -2.01. The van der Waals surface area contributed by atoms with Crippen molar-refractivity contribution >= 4 is 29.1 Å². The summed E-state index contributed by atoms with van der Waals surface area (Å²) in [5.74, 6) is 0. The van der Waals surface area contributed by atoms with Crippen LogP contribution in [0.25, 0.3) is 21.8 Å². The maximum Gasteiger partial charge on any atom is 0.631 e. The van der Waals surface area contributed by atoms with Crippen molar-refractivity contribution in [3.63, 3.8) is 0 Å². The number of hydrogen-bond donors (Lipinski definition) is 4. The Morgan fingerprint density at radius 2 is 1.16 bits per heavy atom. The van der Waals surface area contributed by atoms with Gasteiger partial charge in [-0.1, -0.05) is 24.3 Å². The van der Waals surface area contributed by atoms with Gasteiger partial charge in [-0.25, -0.2) is 0 Å². The first kappa shape index (κ1) is 13.3. The molecule has 0 aliphatic rings. The third-order valence-electron chi connectivity index (χ3n) is 2.61. The van der Waals surface area contributed by atoms with Crippen LogP contribution < -0.4 is 5.43 Å². The Bertz CT molecular complexity index is 694. The number of fused-ring (bicyclic) bond motifs is 2. The molecule has 96 valence electrons. The lowest BCUT2D eigenvalue weighted by Crippen LogP contribution is -2.07. The van der Waals surface area contributed by atoms with Crippen LogP contribution in [0.15, 0.2) is 53.3 Å². The van der Waals surface area contributed by atoms with E-state index in [9.17, 15) is 4.79 Å². The summed E-state index contributed by atoms with van der Waals surface area (Å²) in [6.45, 7) is 0. The van der Waals surface area contributed by atoms with E-state index < -0.39 is 7.32 Å². The molecule has 3 aromatic rings. The maximum atomic E-state index is 12.1. The molecule has 0 unspecified atom stereocenters. The molecule has 0 saturated carbocycles. The fourth-order valence-electron chi connectivity index (χ4n) is 1.87. The van der Waals surface area contributed by atoms with E-state index in [1.165, 1.54) is 0 Å². The molecule has 1 heterocycles. The monoisotopic (exact) mass is 257 g/mol. The largest absolute Gasteiger partial charge is 0.631 e. The first-order valence-corrected chi connectivity index (χ1v) is 5.63. The molecular weight excluding hydrogens is 245 g/mol. The van der Waals surface area contributed by atoms with Gasteiger partial charge in [0.2, 0.25) is 0 Å². The van der Waals surface area contributed by atoms with Gasteiger partial charge in [0, 0.05) is 21.8 Å². The Morgan fingerprint density at radius 3 is 1.58 bits per heavy atom. The van der Waals surface area contributed by atoms with Gasteiger partial charge in [-0.2, -0.15) is 0 Å². The Labute approximate surface area is 108 Å². The molecule has 0 bridgehead atoms. The lowest BCUT2D eigenvalue weighted by molar-refractivity contribution is 0.278. The van der Waals surface area contributed by atoms with Crippen molar-refractivity contribution in [2.24, 2.45) is 0 Å². The number of aromatic nitrogens is 1. The highest BCUT2D eigenvalue weighted by Crippen LogP contribution is 2.13. The van der Waals surface area contributed by atoms with Gasteiger partial charge in [0.15, 0.2) is 5.43 Å². The minimum atomic E-state index is -2.17. The molecule has 0 amide bonds. The van der Waals surface area contributed by atoms with Crippen molar-refractivity contribution in [2.75, 3.05) is 0 Å².